The van der Waals surface area contributed by atoms with E-state index in [1.165, 1.54) is 82.7 Å². The van der Waals surface area contributed by atoms with Crippen LogP contribution in [0, 0.1) is 40.4 Å². The fourth-order valence-corrected chi connectivity index (χ4v) is 15.4. The molecule has 4 aliphatic rings. The molecule has 0 heterocycles. The lowest BCUT2D eigenvalue weighted by atomic mass is 9.44. The van der Waals surface area contributed by atoms with Crippen LogP contribution in [0.15, 0.2) is 0 Å². The van der Waals surface area contributed by atoms with Gasteiger partial charge in [0.05, 0.1) is 0 Å². The average molecular weight is 521 g/mol. The Morgan fingerprint density at radius 2 is 1.40 bits per heavy atom. The third kappa shape index (κ3) is 5.57. The molecular formula is C31H60O2Si2. The summed E-state index contributed by atoms with van der Waals surface area (Å²) in [6.07, 6.45) is 16.4. The van der Waals surface area contributed by atoms with Gasteiger partial charge in [-0.05, 0) is 143 Å². The minimum absolute atomic E-state index is 0.449. The first-order valence-electron chi connectivity index (χ1n) is 15.7. The highest BCUT2D eigenvalue weighted by Gasteiger charge is 2.61. The number of hydrogen-bond acceptors (Lipinski definition) is 2. The van der Waals surface area contributed by atoms with Gasteiger partial charge in [-0.3, -0.25) is 0 Å². The van der Waals surface area contributed by atoms with Crippen LogP contribution >= 0.6 is 0 Å². The lowest BCUT2D eigenvalue weighted by Gasteiger charge is -2.61. The maximum Gasteiger partial charge on any atom is 0.187 e. The summed E-state index contributed by atoms with van der Waals surface area (Å²) in [6, 6.07) is 2.62. The molecule has 0 aliphatic heterocycles. The zero-order valence-corrected chi connectivity index (χ0v) is 27.1. The van der Waals surface area contributed by atoms with Gasteiger partial charge in [0, 0.05) is 12.2 Å². The highest BCUT2D eigenvalue weighted by Crippen LogP contribution is 2.68. The van der Waals surface area contributed by atoms with Crippen molar-refractivity contribution in [3.05, 3.63) is 0 Å². The molecule has 0 aromatic rings. The molecule has 0 saturated heterocycles. The summed E-state index contributed by atoms with van der Waals surface area (Å²) < 4.78 is 13.8. The van der Waals surface area contributed by atoms with E-state index >= 15 is 0 Å². The molecule has 0 aromatic heterocycles. The Kier molecular flexibility index (Phi) is 8.50. The lowest BCUT2D eigenvalue weighted by Crippen LogP contribution is -2.55. The first-order chi connectivity index (χ1) is 16.4. The summed E-state index contributed by atoms with van der Waals surface area (Å²) in [4.78, 5) is 0. The van der Waals surface area contributed by atoms with Crippen molar-refractivity contribution in [2.24, 2.45) is 40.4 Å². The molecule has 0 bridgehead atoms. The first-order valence-corrected chi connectivity index (χ1v) is 21.9. The van der Waals surface area contributed by atoms with Crippen LogP contribution < -0.4 is 0 Å². The van der Waals surface area contributed by atoms with E-state index in [4.69, 9.17) is 8.85 Å². The number of rotatable bonds is 9. The quantitative estimate of drug-likeness (QED) is 0.282. The van der Waals surface area contributed by atoms with Crippen molar-refractivity contribution < 1.29 is 8.85 Å². The van der Waals surface area contributed by atoms with Gasteiger partial charge in [-0.1, -0.05) is 40.5 Å². The summed E-state index contributed by atoms with van der Waals surface area (Å²) in [6.45, 7) is 22.3. The van der Waals surface area contributed by atoms with Gasteiger partial charge in [-0.15, -0.1) is 0 Å². The second kappa shape index (κ2) is 10.5. The van der Waals surface area contributed by atoms with Crippen molar-refractivity contribution in [3.63, 3.8) is 0 Å². The predicted octanol–water partition coefficient (Wildman–Crippen LogP) is 9.67. The average Bonchev–Trinajstić information content (AvgIpc) is 3.10. The van der Waals surface area contributed by atoms with Crippen molar-refractivity contribution in [2.45, 2.75) is 156 Å². The van der Waals surface area contributed by atoms with Gasteiger partial charge in [0.25, 0.3) is 0 Å². The Hall–Kier alpha value is 0.354. The summed E-state index contributed by atoms with van der Waals surface area (Å²) in [7, 11) is -3.02. The van der Waals surface area contributed by atoms with Crippen LogP contribution in [0.25, 0.3) is 0 Å². The molecule has 0 N–H and O–H groups in total. The Balaban J connectivity index is 1.43. The van der Waals surface area contributed by atoms with Gasteiger partial charge in [-0.25, -0.2) is 0 Å². The Morgan fingerprint density at radius 3 is 2.09 bits per heavy atom. The third-order valence-corrected chi connectivity index (χ3v) is 17.3. The van der Waals surface area contributed by atoms with E-state index in [2.05, 4.69) is 60.8 Å². The van der Waals surface area contributed by atoms with Gasteiger partial charge in [-0.2, -0.15) is 0 Å². The Morgan fingerprint density at radius 1 is 0.771 bits per heavy atom. The third-order valence-electron chi connectivity index (χ3n) is 12.0. The molecule has 0 radical (unpaired) electrons. The maximum atomic E-state index is 6.92. The maximum absolute atomic E-state index is 6.92. The van der Waals surface area contributed by atoms with E-state index in [0.29, 0.717) is 23.0 Å². The molecule has 2 nitrogen and oxygen atoms in total. The molecule has 3 unspecified atom stereocenters. The van der Waals surface area contributed by atoms with E-state index in [1.807, 2.05) is 0 Å². The fraction of sp³-hybridized carbons (Fsp3) is 1.00. The van der Waals surface area contributed by atoms with E-state index in [-0.39, 0.29) is 0 Å². The number of hydrogen-bond donors (Lipinski definition) is 0. The monoisotopic (exact) mass is 520 g/mol. The molecule has 4 fully saturated rings. The molecule has 0 amide bonds. The molecule has 204 valence electrons. The fourth-order valence-electron chi connectivity index (χ4n) is 10.5. The molecule has 0 spiro atoms. The standard InChI is InChI=1S/C31H60O2Si2/c1-10-20-34(6,7)32-23(3)27-14-15-28-26-13-12-24-22-25(33-35(8,9)21-11-2)16-18-30(24,4)29(26)17-19-31(27,28)5/h23-29H,10-22H2,1-9H3/t23?,24?,25?,26-,27+,28-,29-,30-,31+/m0/s1. The van der Waals surface area contributed by atoms with Crippen molar-refractivity contribution in [3.8, 4) is 0 Å². The summed E-state index contributed by atoms with van der Waals surface area (Å²) in [5.74, 6) is 4.55. The van der Waals surface area contributed by atoms with E-state index in [0.717, 1.165) is 29.6 Å². The summed E-state index contributed by atoms with van der Waals surface area (Å²) in [5, 5.41) is 0. The summed E-state index contributed by atoms with van der Waals surface area (Å²) in [5.41, 5.74) is 1.08. The number of fused-ring (bicyclic) bond motifs is 5. The van der Waals surface area contributed by atoms with E-state index in [9.17, 15) is 0 Å². The molecule has 4 rings (SSSR count). The van der Waals surface area contributed by atoms with Crippen molar-refractivity contribution >= 4 is 16.6 Å². The highest BCUT2D eigenvalue weighted by molar-refractivity contribution is 6.71. The molecule has 35 heavy (non-hydrogen) atoms. The molecule has 4 saturated carbocycles. The van der Waals surface area contributed by atoms with Crippen LogP contribution in [0.2, 0.25) is 38.3 Å². The van der Waals surface area contributed by atoms with Gasteiger partial charge >= 0.3 is 0 Å². The normalized spacial score (nSPS) is 42.8. The molecule has 9 atom stereocenters. The zero-order valence-electron chi connectivity index (χ0n) is 25.1. The predicted molar refractivity (Wildman–Crippen MR) is 156 cm³/mol. The van der Waals surface area contributed by atoms with Crippen LogP contribution in [0.5, 0.6) is 0 Å². The van der Waals surface area contributed by atoms with Crippen LogP contribution in [0.3, 0.4) is 0 Å². The highest BCUT2D eigenvalue weighted by atomic mass is 28.4. The van der Waals surface area contributed by atoms with Crippen molar-refractivity contribution in [1.82, 2.24) is 0 Å². The molecule has 4 aliphatic carbocycles. The second-order valence-corrected chi connectivity index (χ2v) is 23.8. The second-order valence-electron chi connectivity index (χ2n) is 15.2. The van der Waals surface area contributed by atoms with Crippen LogP contribution in [0.4, 0.5) is 0 Å². The molecule has 4 heteroatoms. The zero-order chi connectivity index (χ0) is 25.6. The van der Waals surface area contributed by atoms with Crippen LogP contribution in [-0.4, -0.2) is 28.8 Å². The van der Waals surface area contributed by atoms with Crippen molar-refractivity contribution in [1.29, 1.82) is 0 Å². The van der Waals surface area contributed by atoms with Crippen LogP contribution in [0.1, 0.15) is 105 Å². The van der Waals surface area contributed by atoms with Gasteiger partial charge in [0.1, 0.15) is 0 Å². The van der Waals surface area contributed by atoms with E-state index < -0.39 is 16.6 Å². The molecular weight excluding hydrogens is 461 g/mol. The van der Waals surface area contributed by atoms with Crippen LogP contribution in [-0.2, 0) is 8.85 Å². The topological polar surface area (TPSA) is 18.5 Å². The minimum atomic E-state index is -1.53. The smallest absolute Gasteiger partial charge is 0.187 e. The first kappa shape index (κ1) is 28.4. The SMILES string of the molecule is CCC[Si](C)(C)OC1CC[C@@]2(C)C(CC[C@H]3[C@@H]4CC[C@H](C(C)O[Si](C)(C)CCC)[C@@]4(C)CC[C@@H]32)C1. The Labute approximate surface area is 221 Å². The van der Waals surface area contributed by atoms with E-state index in [1.54, 1.807) is 0 Å². The lowest BCUT2D eigenvalue weighted by molar-refractivity contribution is -0.129. The summed E-state index contributed by atoms with van der Waals surface area (Å²) >= 11 is 0. The van der Waals surface area contributed by atoms with Gasteiger partial charge < -0.3 is 8.85 Å². The molecule has 0 aromatic carbocycles. The van der Waals surface area contributed by atoms with Gasteiger partial charge in [0.2, 0.25) is 0 Å². The largest absolute Gasteiger partial charge is 0.414 e. The van der Waals surface area contributed by atoms with Gasteiger partial charge in [0.15, 0.2) is 16.6 Å². The van der Waals surface area contributed by atoms with Crippen molar-refractivity contribution in [2.75, 3.05) is 0 Å². The Bertz CT molecular complexity index is 723. The minimum Gasteiger partial charge on any atom is -0.414 e.